The summed E-state index contributed by atoms with van der Waals surface area (Å²) in [5.41, 5.74) is 5.71. The number of aromatic nitrogens is 2. The number of nitrogens with zero attached hydrogens (tertiary/aromatic N) is 2. The van der Waals surface area contributed by atoms with Crippen molar-refractivity contribution in [2.75, 3.05) is 5.75 Å². The Labute approximate surface area is 232 Å². The quantitative estimate of drug-likeness (QED) is 0.142. The third kappa shape index (κ3) is 4.74. The summed E-state index contributed by atoms with van der Waals surface area (Å²) in [5.74, 6) is 0.186. The summed E-state index contributed by atoms with van der Waals surface area (Å²) in [5, 5.41) is 1.21. The maximum atomic E-state index is 14.4. The van der Waals surface area contributed by atoms with Crippen LogP contribution in [0.5, 0.6) is 0 Å². The Bertz CT molecular complexity index is 1540. The second-order valence-corrected chi connectivity index (χ2v) is 11.7. The van der Waals surface area contributed by atoms with Crippen LogP contribution < -0.4 is 5.56 Å². The highest BCUT2D eigenvalue weighted by atomic mass is 35.5. The molecule has 6 heteroatoms. The maximum Gasteiger partial charge on any atom is 0.258 e. The van der Waals surface area contributed by atoms with Gasteiger partial charge in [-0.15, -0.1) is 0 Å². The van der Waals surface area contributed by atoms with Gasteiger partial charge in [-0.05, 0) is 61.1 Å². The molecular formula is C32H29ClN2O2S. The third-order valence-electron chi connectivity index (χ3n) is 7.99. The first-order valence-corrected chi connectivity index (χ1v) is 14.6. The predicted octanol–water partition coefficient (Wildman–Crippen LogP) is 7.15. The van der Waals surface area contributed by atoms with Gasteiger partial charge in [-0.1, -0.05) is 90.8 Å². The third-order valence-corrected chi connectivity index (χ3v) is 9.22. The van der Waals surface area contributed by atoms with E-state index in [0.29, 0.717) is 22.3 Å². The van der Waals surface area contributed by atoms with E-state index in [1.54, 1.807) is 24.3 Å². The fourth-order valence-corrected chi connectivity index (χ4v) is 7.13. The molecule has 192 valence electrons. The molecule has 0 amide bonds. The molecule has 1 aromatic heterocycles. The Morgan fingerprint density at radius 3 is 2.42 bits per heavy atom. The number of fused-ring (bicyclic) bond motifs is 4. The second kappa shape index (κ2) is 10.5. The molecule has 0 bridgehead atoms. The summed E-state index contributed by atoms with van der Waals surface area (Å²) >= 11 is 7.36. The highest BCUT2D eigenvalue weighted by Crippen LogP contribution is 2.50. The van der Waals surface area contributed by atoms with E-state index in [1.807, 2.05) is 28.8 Å². The van der Waals surface area contributed by atoms with E-state index >= 15 is 0 Å². The van der Waals surface area contributed by atoms with Crippen molar-refractivity contribution in [2.24, 2.45) is 0 Å². The van der Waals surface area contributed by atoms with Gasteiger partial charge >= 0.3 is 0 Å². The minimum atomic E-state index is -0.148. The SMILES string of the molecule is O=C(CSc1nc2c(c(=O)n1CCc1ccccc1)C1(CCCC1)Cc1ccccc1-2)c1ccc(Cl)cc1. The number of carbonyl (C=O) groups is 1. The summed E-state index contributed by atoms with van der Waals surface area (Å²) in [4.78, 5) is 32.6. The van der Waals surface area contributed by atoms with Crippen LogP contribution in [0, 0.1) is 0 Å². The first-order valence-electron chi connectivity index (χ1n) is 13.2. The van der Waals surface area contributed by atoms with Crippen LogP contribution in [-0.2, 0) is 24.8 Å². The van der Waals surface area contributed by atoms with Crippen molar-refractivity contribution in [3.8, 4) is 11.3 Å². The van der Waals surface area contributed by atoms with Crippen LogP contribution >= 0.6 is 23.4 Å². The zero-order valence-electron chi connectivity index (χ0n) is 21.2. The van der Waals surface area contributed by atoms with Gasteiger partial charge in [-0.25, -0.2) is 4.98 Å². The summed E-state index contributed by atoms with van der Waals surface area (Å²) < 4.78 is 1.83. The molecule has 6 rings (SSSR count). The number of Topliss-reactive ketones (excluding diaryl/α,β-unsaturated/α-hetero) is 1. The molecule has 38 heavy (non-hydrogen) atoms. The minimum absolute atomic E-state index is 0.0130. The molecule has 2 aliphatic rings. The number of benzene rings is 3. The molecule has 3 aromatic carbocycles. The average Bonchev–Trinajstić information content (AvgIpc) is 3.40. The summed E-state index contributed by atoms with van der Waals surface area (Å²) in [6.45, 7) is 0.526. The van der Waals surface area contributed by atoms with Crippen LogP contribution in [0.2, 0.25) is 5.02 Å². The van der Waals surface area contributed by atoms with Crippen molar-refractivity contribution < 1.29 is 4.79 Å². The minimum Gasteiger partial charge on any atom is -0.293 e. The van der Waals surface area contributed by atoms with E-state index < -0.39 is 0 Å². The summed E-state index contributed by atoms with van der Waals surface area (Å²) in [6, 6.07) is 25.5. The molecular weight excluding hydrogens is 512 g/mol. The Balaban J connectivity index is 1.43. The standard InChI is InChI=1S/C32H29ClN2O2S/c33-25-14-12-23(13-15-25)27(36)21-38-31-34-29-26-11-5-4-10-24(26)20-32(17-6-7-18-32)28(29)30(37)35(31)19-16-22-8-2-1-3-9-22/h1-5,8-15H,6-7,16-21H2. The fourth-order valence-electron chi connectivity index (χ4n) is 6.09. The smallest absolute Gasteiger partial charge is 0.258 e. The van der Waals surface area contributed by atoms with E-state index in [0.717, 1.165) is 55.3 Å². The van der Waals surface area contributed by atoms with Crippen LogP contribution in [0.25, 0.3) is 11.3 Å². The number of rotatable bonds is 7. The molecule has 1 heterocycles. The number of aryl methyl sites for hydroxylation is 1. The van der Waals surface area contributed by atoms with E-state index in [-0.39, 0.29) is 22.5 Å². The first kappa shape index (κ1) is 25.1. The first-order chi connectivity index (χ1) is 18.5. The lowest BCUT2D eigenvalue weighted by Crippen LogP contribution is -2.40. The number of hydrogen-bond acceptors (Lipinski definition) is 4. The molecule has 0 radical (unpaired) electrons. The normalized spacial score (nSPS) is 15.3. The molecule has 0 atom stereocenters. The topological polar surface area (TPSA) is 52.0 Å². The van der Waals surface area contributed by atoms with Gasteiger partial charge in [0.2, 0.25) is 0 Å². The monoisotopic (exact) mass is 540 g/mol. The fraction of sp³-hybridized carbons (Fsp3) is 0.281. The zero-order valence-corrected chi connectivity index (χ0v) is 22.7. The van der Waals surface area contributed by atoms with E-state index in [9.17, 15) is 9.59 Å². The van der Waals surface area contributed by atoms with E-state index in [2.05, 4.69) is 30.3 Å². The highest BCUT2D eigenvalue weighted by molar-refractivity contribution is 7.99. The highest BCUT2D eigenvalue weighted by Gasteiger charge is 2.44. The zero-order chi connectivity index (χ0) is 26.1. The van der Waals surface area contributed by atoms with Gasteiger partial charge in [0.15, 0.2) is 10.9 Å². The van der Waals surface area contributed by atoms with Gasteiger partial charge in [0.25, 0.3) is 5.56 Å². The van der Waals surface area contributed by atoms with E-state index in [1.165, 1.54) is 22.9 Å². The van der Waals surface area contributed by atoms with Crippen molar-refractivity contribution >= 4 is 29.1 Å². The Morgan fingerprint density at radius 2 is 1.66 bits per heavy atom. The van der Waals surface area contributed by atoms with E-state index in [4.69, 9.17) is 16.6 Å². The number of ketones is 1. The van der Waals surface area contributed by atoms with Gasteiger partial charge in [0.05, 0.1) is 17.0 Å². The molecule has 2 aliphatic carbocycles. The summed E-state index contributed by atoms with van der Waals surface area (Å²) in [6.07, 6.45) is 5.93. The molecule has 1 saturated carbocycles. The van der Waals surface area contributed by atoms with Crippen molar-refractivity contribution in [1.29, 1.82) is 0 Å². The maximum absolute atomic E-state index is 14.4. The Hall–Kier alpha value is -3.15. The molecule has 1 spiro atoms. The van der Waals surface area contributed by atoms with Crippen LogP contribution in [0.1, 0.15) is 52.7 Å². The van der Waals surface area contributed by atoms with Gasteiger partial charge in [0.1, 0.15) is 0 Å². The molecule has 0 N–H and O–H groups in total. The molecule has 4 nitrogen and oxygen atoms in total. The molecule has 0 aliphatic heterocycles. The number of carbonyl (C=O) groups excluding carboxylic acids is 1. The van der Waals surface area contributed by atoms with Gasteiger partial charge in [-0.3, -0.25) is 14.2 Å². The average molecular weight is 541 g/mol. The van der Waals surface area contributed by atoms with Gasteiger partial charge in [0, 0.05) is 28.1 Å². The molecule has 0 saturated heterocycles. The molecule has 0 unspecified atom stereocenters. The largest absolute Gasteiger partial charge is 0.293 e. The lowest BCUT2D eigenvalue weighted by atomic mass is 9.68. The van der Waals surface area contributed by atoms with Crippen LogP contribution in [0.4, 0.5) is 0 Å². The molecule has 1 fully saturated rings. The van der Waals surface area contributed by atoms with Crippen molar-refractivity contribution in [2.45, 2.75) is 55.6 Å². The number of thioether (sulfide) groups is 1. The second-order valence-electron chi connectivity index (χ2n) is 10.4. The lowest BCUT2D eigenvalue weighted by Gasteiger charge is -2.36. The number of hydrogen-bond donors (Lipinski definition) is 0. The lowest BCUT2D eigenvalue weighted by molar-refractivity contribution is 0.102. The summed E-state index contributed by atoms with van der Waals surface area (Å²) in [7, 11) is 0. The van der Waals surface area contributed by atoms with Crippen LogP contribution in [0.15, 0.2) is 88.8 Å². The van der Waals surface area contributed by atoms with Crippen molar-refractivity contribution in [3.05, 3.63) is 116 Å². The van der Waals surface area contributed by atoms with Gasteiger partial charge < -0.3 is 0 Å². The number of halogens is 1. The van der Waals surface area contributed by atoms with Crippen molar-refractivity contribution in [1.82, 2.24) is 9.55 Å². The predicted molar refractivity (Wildman–Crippen MR) is 154 cm³/mol. The van der Waals surface area contributed by atoms with Gasteiger partial charge in [-0.2, -0.15) is 0 Å². The Morgan fingerprint density at radius 1 is 0.947 bits per heavy atom. The Kier molecular flexibility index (Phi) is 6.98. The van der Waals surface area contributed by atoms with Crippen LogP contribution in [-0.4, -0.2) is 21.1 Å². The molecule has 4 aromatic rings. The van der Waals surface area contributed by atoms with Crippen molar-refractivity contribution in [3.63, 3.8) is 0 Å². The van der Waals surface area contributed by atoms with Crippen LogP contribution in [0.3, 0.4) is 0 Å².